The van der Waals surface area contributed by atoms with Crippen molar-refractivity contribution in [1.29, 1.82) is 0 Å². The highest BCUT2D eigenvalue weighted by atomic mass is 16.5. The Kier molecular flexibility index (Phi) is 4.78. The number of anilines is 1. The van der Waals surface area contributed by atoms with Crippen molar-refractivity contribution in [2.75, 3.05) is 25.1 Å². The number of hydrogen-bond donors (Lipinski definition) is 0. The fourth-order valence-electron chi connectivity index (χ4n) is 3.38. The molecule has 0 atom stereocenters. The topological polar surface area (TPSA) is 86.0 Å². The molecule has 1 aliphatic rings. The second kappa shape index (κ2) is 7.53. The Morgan fingerprint density at radius 3 is 2.59 bits per heavy atom. The van der Waals surface area contributed by atoms with Crippen LogP contribution >= 0.6 is 0 Å². The van der Waals surface area contributed by atoms with Crippen molar-refractivity contribution >= 4 is 11.9 Å². The van der Waals surface area contributed by atoms with E-state index in [4.69, 9.17) is 4.74 Å². The zero-order valence-corrected chi connectivity index (χ0v) is 15.0. The highest BCUT2D eigenvalue weighted by Gasteiger charge is 2.24. The van der Waals surface area contributed by atoms with Gasteiger partial charge in [0, 0.05) is 43.9 Å². The third-order valence-electron chi connectivity index (χ3n) is 4.73. The minimum absolute atomic E-state index is 0.278. The quantitative estimate of drug-likeness (QED) is 0.657. The van der Waals surface area contributed by atoms with Gasteiger partial charge in [-0.25, -0.2) is 24.7 Å². The van der Waals surface area contributed by atoms with Crippen LogP contribution in [0.25, 0.3) is 11.5 Å². The lowest BCUT2D eigenvalue weighted by Crippen LogP contribution is -2.35. The van der Waals surface area contributed by atoms with Crippen molar-refractivity contribution in [3.05, 3.63) is 54.7 Å². The van der Waals surface area contributed by atoms with E-state index in [9.17, 15) is 4.79 Å². The number of methoxy groups -OCH3 is 1. The first-order valence-electron chi connectivity index (χ1n) is 8.87. The molecule has 4 rings (SSSR count). The molecular weight excluding hydrogens is 344 g/mol. The van der Waals surface area contributed by atoms with Gasteiger partial charge in [0.25, 0.3) is 0 Å². The molecule has 27 heavy (non-hydrogen) atoms. The first-order chi connectivity index (χ1) is 13.3. The number of hydrogen-bond acceptors (Lipinski definition) is 7. The maximum Gasteiger partial charge on any atom is 0.356 e. The number of esters is 1. The minimum atomic E-state index is -0.453. The molecule has 1 fully saturated rings. The number of imidazole rings is 1. The second-order valence-corrected chi connectivity index (χ2v) is 6.32. The van der Waals surface area contributed by atoms with Crippen LogP contribution in [0, 0.1) is 0 Å². The van der Waals surface area contributed by atoms with Crippen LogP contribution in [-0.4, -0.2) is 50.7 Å². The van der Waals surface area contributed by atoms with E-state index in [0.29, 0.717) is 11.7 Å². The molecule has 1 saturated heterocycles. The summed E-state index contributed by atoms with van der Waals surface area (Å²) < 4.78 is 6.91. The number of carbonyl (C=O) groups excluding carboxylic acids is 1. The molecule has 8 nitrogen and oxygen atoms in total. The van der Waals surface area contributed by atoms with Gasteiger partial charge in [-0.15, -0.1) is 0 Å². The smallest absolute Gasteiger partial charge is 0.356 e. The van der Waals surface area contributed by atoms with E-state index in [1.54, 1.807) is 30.7 Å². The Labute approximate surface area is 156 Å². The van der Waals surface area contributed by atoms with E-state index in [0.717, 1.165) is 37.7 Å². The van der Waals surface area contributed by atoms with Crippen molar-refractivity contribution in [3.63, 3.8) is 0 Å². The standard InChI is InChI=1S/C19H20N6O2/c1-27-18(26)16-5-2-4-15(23-16)17-20-10-13-25(17)14-6-11-24(12-7-14)19-21-8-3-9-22-19/h2-5,8-10,13-14H,6-7,11-12H2,1H3. The monoisotopic (exact) mass is 364 g/mol. The summed E-state index contributed by atoms with van der Waals surface area (Å²) in [5, 5.41) is 0. The molecule has 3 aromatic rings. The lowest BCUT2D eigenvalue weighted by Gasteiger charge is -2.33. The van der Waals surface area contributed by atoms with Crippen molar-refractivity contribution in [3.8, 4) is 11.5 Å². The Bertz CT molecular complexity index is 919. The third-order valence-corrected chi connectivity index (χ3v) is 4.73. The molecule has 1 aliphatic heterocycles. The third kappa shape index (κ3) is 3.51. The van der Waals surface area contributed by atoms with Crippen LogP contribution in [0.15, 0.2) is 49.1 Å². The van der Waals surface area contributed by atoms with Crippen LogP contribution in [0.4, 0.5) is 5.95 Å². The molecule has 0 N–H and O–H groups in total. The Morgan fingerprint density at radius 2 is 1.85 bits per heavy atom. The average molecular weight is 364 g/mol. The average Bonchev–Trinajstić information content (AvgIpc) is 3.24. The Hall–Kier alpha value is -3.29. The maximum absolute atomic E-state index is 11.8. The normalized spacial score (nSPS) is 14.9. The van der Waals surface area contributed by atoms with Gasteiger partial charge >= 0.3 is 5.97 Å². The van der Waals surface area contributed by atoms with Gasteiger partial charge in [-0.1, -0.05) is 6.07 Å². The number of pyridine rings is 1. The van der Waals surface area contributed by atoms with Crippen molar-refractivity contribution < 1.29 is 9.53 Å². The molecule has 138 valence electrons. The van der Waals surface area contributed by atoms with Gasteiger partial charge in [-0.3, -0.25) is 0 Å². The minimum Gasteiger partial charge on any atom is -0.464 e. The van der Waals surface area contributed by atoms with Crippen LogP contribution in [0.3, 0.4) is 0 Å². The molecule has 0 unspecified atom stereocenters. The molecule has 0 aliphatic carbocycles. The molecule has 8 heteroatoms. The van der Waals surface area contributed by atoms with E-state index in [-0.39, 0.29) is 5.69 Å². The molecule has 0 aromatic carbocycles. The number of rotatable bonds is 4. The van der Waals surface area contributed by atoms with Gasteiger partial charge in [-0.2, -0.15) is 0 Å². The molecule has 0 saturated carbocycles. The van der Waals surface area contributed by atoms with Crippen molar-refractivity contribution in [1.82, 2.24) is 24.5 Å². The number of carbonyl (C=O) groups is 1. The largest absolute Gasteiger partial charge is 0.464 e. The van der Waals surface area contributed by atoms with Gasteiger partial charge in [-0.05, 0) is 31.0 Å². The van der Waals surface area contributed by atoms with Gasteiger partial charge in [0.1, 0.15) is 11.4 Å². The van der Waals surface area contributed by atoms with Crippen LogP contribution < -0.4 is 4.90 Å². The highest BCUT2D eigenvalue weighted by molar-refractivity contribution is 5.87. The van der Waals surface area contributed by atoms with Gasteiger partial charge < -0.3 is 14.2 Å². The first kappa shape index (κ1) is 17.1. The number of ether oxygens (including phenoxy) is 1. The van der Waals surface area contributed by atoms with Crippen LogP contribution in [0.2, 0.25) is 0 Å². The number of aromatic nitrogens is 5. The Balaban J connectivity index is 1.53. The summed E-state index contributed by atoms with van der Waals surface area (Å²) in [6, 6.07) is 7.43. The molecule has 0 radical (unpaired) electrons. The summed E-state index contributed by atoms with van der Waals surface area (Å²) in [6.45, 7) is 1.75. The lowest BCUT2D eigenvalue weighted by molar-refractivity contribution is 0.0594. The van der Waals surface area contributed by atoms with E-state index < -0.39 is 5.97 Å². The maximum atomic E-state index is 11.8. The first-order valence-corrected chi connectivity index (χ1v) is 8.87. The molecule has 0 spiro atoms. The molecule has 4 heterocycles. The second-order valence-electron chi connectivity index (χ2n) is 6.32. The van der Waals surface area contributed by atoms with E-state index in [1.807, 2.05) is 18.3 Å². The SMILES string of the molecule is COC(=O)c1cccc(-c2nccn2C2CCN(c3ncccn3)CC2)n1. The zero-order chi connectivity index (χ0) is 18.6. The lowest BCUT2D eigenvalue weighted by atomic mass is 10.0. The van der Waals surface area contributed by atoms with Crippen LogP contribution in [0.5, 0.6) is 0 Å². The summed E-state index contributed by atoms with van der Waals surface area (Å²) >= 11 is 0. The fourth-order valence-corrected chi connectivity index (χ4v) is 3.38. The Morgan fingerprint density at radius 1 is 1.07 bits per heavy atom. The summed E-state index contributed by atoms with van der Waals surface area (Å²) in [5.41, 5.74) is 0.942. The summed E-state index contributed by atoms with van der Waals surface area (Å²) in [5.74, 6) is 1.08. The van der Waals surface area contributed by atoms with Gasteiger partial charge in [0.05, 0.1) is 7.11 Å². The summed E-state index contributed by atoms with van der Waals surface area (Å²) in [4.78, 5) is 31.5. The predicted molar refractivity (Wildman–Crippen MR) is 99.3 cm³/mol. The van der Waals surface area contributed by atoms with Gasteiger partial charge in [0.2, 0.25) is 5.95 Å². The van der Waals surface area contributed by atoms with Crippen LogP contribution in [-0.2, 0) is 4.74 Å². The van der Waals surface area contributed by atoms with Crippen LogP contribution in [0.1, 0.15) is 29.4 Å². The molecule has 0 bridgehead atoms. The van der Waals surface area contributed by atoms with Crippen molar-refractivity contribution in [2.45, 2.75) is 18.9 Å². The van der Waals surface area contributed by atoms with E-state index in [1.165, 1.54) is 7.11 Å². The summed E-state index contributed by atoms with van der Waals surface area (Å²) in [6.07, 6.45) is 9.19. The molecule has 3 aromatic heterocycles. The predicted octanol–water partition coefficient (Wildman–Crippen LogP) is 2.36. The molecule has 0 amide bonds. The molecular formula is C19H20N6O2. The highest BCUT2D eigenvalue weighted by Crippen LogP contribution is 2.28. The van der Waals surface area contributed by atoms with E-state index in [2.05, 4.69) is 29.4 Å². The van der Waals surface area contributed by atoms with Gasteiger partial charge in [0.15, 0.2) is 5.82 Å². The van der Waals surface area contributed by atoms with Crippen molar-refractivity contribution in [2.24, 2.45) is 0 Å². The fraction of sp³-hybridized carbons (Fsp3) is 0.316. The van der Waals surface area contributed by atoms with E-state index >= 15 is 0 Å². The number of nitrogens with zero attached hydrogens (tertiary/aromatic N) is 6. The number of piperidine rings is 1. The summed E-state index contributed by atoms with van der Waals surface area (Å²) in [7, 11) is 1.35. The zero-order valence-electron chi connectivity index (χ0n) is 15.0.